The van der Waals surface area contributed by atoms with Crippen molar-refractivity contribution in [1.29, 1.82) is 0 Å². The molecule has 1 amide bonds. The van der Waals surface area contributed by atoms with Gasteiger partial charge in [0.05, 0.1) is 25.3 Å². The van der Waals surface area contributed by atoms with Gasteiger partial charge in [-0.1, -0.05) is 18.2 Å². The molecule has 0 fully saturated rings. The van der Waals surface area contributed by atoms with Gasteiger partial charge in [-0.05, 0) is 44.2 Å². The minimum absolute atomic E-state index is 0.184. The second kappa shape index (κ2) is 8.45. The summed E-state index contributed by atoms with van der Waals surface area (Å²) >= 11 is 0. The van der Waals surface area contributed by atoms with Crippen molar-refractivity contribution in [3.63, 3.8) is 0 Å². The summed E-state index contributed by atoms with van der Waals surface area (Å²) in [6.07, 6.45) is -0.434. The maximum atomic E-state index is 13.0. The summed E-state index contributed by atoms with van der Waals surface area (Å²) in [6, 6.07) is 13.1. The lowest BCUT2D eigenvalue weighted by atomic mass is 9.88. The van der Waals surface area contributed by atoms with Crippen molar-refractivity contribution >= 4 is 23.3 Å². The summed E-state index contributed by atoms with van der Waals surface area (Å²) in [6.45, 7) is 3.89. The third kappa shape index (κ3) is 4.00. The lowest BCUT2D eigenvalue weighted by molar-refractivity contribution is -0.144. The first kappa shape index (κ1) is 20.5. The molecular weight excluding hydrogens is 374 g/mol. The molecule has 0 aromatic heterocycles. The highest BCUT2D eigenvalue weighted by molar-refractivity contribution is 6.12. The van der Waals surface area contributed by atoms with Gasteiger partial charge in [0.15, 0.2) is 11.4 Å². The molecule has 3 rings (SSSR count). The molecule has 0 saturated carbocycles. The molecule has 2 aromatic carbocycles. The van der Waals surface area contributed by atoms with Gasteiger partial charge in [-0.2, -0.15) is 0 Å². The number of para-hydroxylation sites is 1. The van der Waals surface area contributed by atoms with Gasteiger partial charge in [-0.15, -0.1) is 0 Å². The molecule has 2 aromatic rings. The van der Waals surface area contributed by atoms with E-state index in [1.807, 2.05) is 6.92 Å². The van der Waals surface area contributed by atoms with E-state index in [0.717, 1.165) is 0 Å². The van der Waals surface area contributed by atoms with Gasteiger partial charge in [0, 0.05) is 11.1 Å². The zero-order chi connectivity index (χ0) is 21.0. The number of ketones is 1. The Kier molecular flexibility index (Phi) is 5.98. The fraction of sp³-hybridized carbons (Fsp3) is 0.318. The van der Waals surface area contributed by atoms with Crippen LogP contribution in [0.15, 0.2) is 48.5 Å². The second-order valence-corrected chi connectivity index (χ2v) is 6.63. The van der Waals surface area contributed by atoms with Gasteiger partial charge in [-0.25, -0.2) is 0 Å². The molecule has 0 radical (unpaired) electrons. The molecule has 7 nitrogen and oxygen atoms in total. The summed E-state index contributed by atoms with van der Waals surface area (Å²) in [5, 5.41) is 11.2. The zero-order valence-corrected chi connectivity index (χ0v) is 16.4. The van der Waals surface area contributed by atoms with E-state index in [4.69, 9.17) is 9.47 Å². The lowest BCUT2D eigenvalue weighted by Crippen LogP contribution is -2.44. The lowest BCUT2D eigenvalue weighted by Gasteiger charge is -2.22. The van der Waals surface area contributed by atoms with Gasteiger partial charge < -0.3 is 14.6 Å². The Labute approximate surface area is 168 Å². The number of amides is 1. The van der Waals surface area contributed by atoms with Crippen LogP contribution in [0.2, 0.25) is 0 Å². The highest BCUT2D eigenvalue weighted by atomic mass is 16.5. The maximum Gasteiger partial charge on any atom is 0.326 e. The zero-order valence-electron chi connectivity index (χ0n) is 16.4. The van der Waals surface area contributed by atoms with Crippen LogP contribution in [0.3, 0.4) is 0 Å². The van der Waals surface area contributed by atoms with Crippen molar-refractivity contribution in [3.05, 3.63) is 59.7 Å². The third-order valence-corrected chi connectivity index (χ3v) is 4.74. The van der Waals surface area contributed by atoms with Crippen LogP contribution in [0.1, 0.15) is 36.2 Å². The molecule has 0 aliphatic carbocycles. The average molecular weight is 397 g/mol. The summed E-state index contributed by atoms with van der Waals surface area (Å²) in [5.41, 5.74) is -0.990. The Bertz CT molecular complexity index is 923. The quantitative estimate of drug-likeness (QED) is 0.543. The normalized spacial score (nSPS) is 17.8. The number of fused-ring (bicyclic) bond motifs is 1. The van der Waals surface area contributed by atoms with Crippen molar-refractivity contribution in [1.82, 2.24) is 0 Å². The number of benzene rings is 2. The van der Waals surface area contributed by atoms with E-state index in [1.54, 1.807) is 55.5 Å². The molecule has 1 aliphatic heterocycles. The first-order valence-electron chi connectivity index (χ1n) is 9.46. The molecule has 29 heavy (non-hydrogen) atoms. The van der Waals surface area contributed by atoms with E-state index in [1.165, 1.54) is 4.90 Å². The number of anilines is 1. The van der Waals surface area contributed by atoms with Gasteiger partial charge in [0.2, 0.25) is 0 Å². The van der Waals surface area contributed by atoms with Gasteiger partial charge >= 0.3 is 5.97 Å². The van der Waals surface area contributed by atoms with Gasteiger partial charge in [-0.3, -0.25) is 19.3 Å². The fourth-order valence-electron chi connectivity index (χ4n) is 3.41. The molecule has 0 bridgehead atoms. The first-order chi connectivity index (χ1) is 13.9. The second-order valence-electron chi connectivity index (χ2n) is 6.63. The monoisotopic (exact) mass is 397 g/mol. The number of rotatable bonds is 8. The van der Waals surface area contributed by atoms with Crippen LogP contribution in [0.5, 0.6) is 5.75 Å². The van der Waals surface area contributed by atoms with Gasteiger partial charge in [0.25, 0.3) is 5.91 Å². The number of hydrogen-bond acceptors (Lipinski definition) is 6. The van der Waals surface area contributed by atoms with Crippen molar-refractivity contribution in [2.75, 3.05) is 24.7 Å². The van der Waals surface area contributed by atoms with E-state index in [2.05, 4.69) is 0 Å². The Hall–Kier alpha value is -3.19. The minimum atomic E-state index is -2.04. The Morgan fingerprint density at radius 1 is 1.03 bits per heavy atom. The van der Waals surface area contributed by atoms with E-state index in [9.17, 15) is 19.5 Å². The average Bonchev–Trinajstić information content (AvgIpc) is 2.91. The number of carbonyl (C=O) groups is 3. The van der Waals surface area contributed by atoms with Crippen LogP contribution in [0.25, 0.3) is 0 Å². The van der Waals surface area contributed by atoms with Crippen molar-refractivity contribution in [3.8, 4) is 5.75 Å². The fourth-order valence-corrected chi connectivity index (χ4v) is 3.41. The largest absolute Gasteiger partial charge is 0.494 e. The van der Waals surface area contributed by atoms with Crippen LogP contribution < -0.4 is 9.64 Å². The van der Waals surface area contributed by atoms with E-state index in [0.29, 0.717) is 29.2 Å². The molecule has 1 N–H and O–H groups in total. The first-order valence-corrected chi connectivity index (χ1v) is 9.46. The SMILES string of the molecule is CCOC(=O)CN1C(=O)[C@](O)(CC(=O)c2ccc(OCC)cc2)c2ccccc21. The van der Waals surface area contributed by atoms with E-state index in [-0.39, 0.29) is 13.2 Å². The van der Waals surface area contributed by atoms with Crippen LogP contribution in [0.4, 0.5) is 5.69 Å². The van der Waals surface area contributed by atoms with Crippen LogP contribution in [0, 0.1) is 0 Å². The van der Waals surface area contributed by atoms with Crippen LogP contribution in [-0.4, -0.2) is 42.5 Å². The molecule has 0 unspecified atom stereocenters. The molecule has 0 saturated heterocycles. The highest BCUT2D eigenvalue weighted by Crippen LogP contribution is 2.42. The number of esters is 1. The molecule has 7 heteroatoms. The number of Topliss-reactive ketones (excluding diaryl/α,β-unsaturated/α-hetero) is 1. The standard InChI is InChI=1S/C22H23NO6/c1-3-28-16-11-9-15(10-12-16)19(24)13-22(27)17-7-5-6-8-18(17)23(21(22)26)14-20(25)29-4-2/h5-12,27H,3-4,13-14H2,1-2H3/t22-/m0/s1. The molecule has 1 aliphatic rings. The predicted octanol–water partition coefficient (Wildman–Crippen LogP) is 2.46. The Morgan fingerprint density at radius 3 is 2.38 bits per heavy atom. The Balaban J connectivity index is 1.86. The third-order valence-electron chi connectivity index (χ3n) is 4.74. The predicted molar refractivity (Wildman–Crippen MR) is 106 cm³/mol. The van der Waals surface area contributed by atoms with Crippen molar-refractivity contribution in [2.24, 2.45) is 0 Å². The Morgan fingerprint density at radius 2 is 1.72 bits per heavy atom. The topological polar surface area (TPSA) is 93.1 Å². The molecule has 152 valence electrons. The highest BCUT2D eigenvalue weighted by Gasteiger charge is 2.51. The van der Waals surface area contributed by atoms with Crippen molar-refractivity contribution in [2.45, 2.75) is 25.9 Å². The van der Waals surface area contributed by atoms with Crippen LogP contribution in [-0.2, 0) is 19.9 Å². The van der Waals surface area contributed by atoms with Crippen LogP contribution >= 0.6 is 0 Å². The number of nitrogens with zero attached hydrogens (tertiary/aromatic N) is 1. The smallest absolute Gasteiger partial charge is 0.326 e. The summed E-state index contributed by atoms with van der Waals surface area (Å²) in [7, 11) is 0. The number of carbonyl (C=O) groups excluding carboxylic acids is 3. The molecule has 1 atom stereocenters. The van der Waals surface area contributed by atoms with E-state index < -0.39 is 29.7 Å². The number of hydrogen-bond donors (Lipinski definition) is 1. The number of ether oxygens (including phenoxy) is 2. The van der Waals surface area contributed by atoms with Gasteiger partial charge in [0.1, 0.15) is 12.3 Å². The summed E-state index contributed by atoms with van der Waals surface area (Å²) < 4.78 is 10.3. The minimum Gasteiger partial charge on any atom is -0.494 e. The molecule has 0 spiro atoms. The molecule has 1 heterocycles. The summed E-state index contributed by atoms with van der Waals surface area (Å²) in [5.74, 6) is -1.06. The van der Waals surface area contributed by atoms with Crippen molar-refractivity contribution < 1.29 is 29.0 Å². The number of aliphatic hydroxyl groups is 1. The summed E-state index contributed by atoms with van der Waals surface area (Å²) in [4.78, 5) is 38.9. The van der Waals surface area contributed by atoms with E-state index >= 15 is 0 Å². The maximum absolute atomic E-state index is 13.0. The molecular formula is C22H23NO6.